The maximum Gasteiger partial charge on any atom is 0.373 e. The number of nitrogens with one attached hydrogen (secondary N) is 1. The number of benzene rings is 2. The zero-order chi connectivity index (χ0) is 28.1. The summed E-state index contributed by atoms with van der Waals surface area (Å²) in [6.07, 6.45) is 1.46. The molecule has 13 heteroatoms. The van der Waals surface area contributed by atoms with Gasteiger partial charge < -0.3 is 23.9 Å². The number of esters is 1. The highest BCUT2D eigenvalue weighted by atomic mass is 35.5. The third-order valence-corrected chi connectivity index (χ3v) is 6.45. The van der Waals surface area contributed by atoms with Gasteiger partial charge in [0.05, 0.1) is 30.7 Å². The second kappa shape index (κ2) is 12.0. The second-order valence-corrected chi connectivity index (χ2v) is 9.30. The van der Waals surface area contributed by atoms with E-state index in [1.807, 2.05) is 0 Å². The number of ether oxygens (including phenoxy) is 3. The number of rotatable bonds is 9. The minimum absolute atomic E-state index is 0.0491. The summed E-state index contributed by atoms with van der Waals surface area (Å²) in [4.78, 5) is 50.3. The molecule has 0 spiro atoms. The molecular weight excluding hydrogens is 555 g/mol. The van der Waals surface area contributed by atoms with Gasteiger partial charge in [-0.2, -0.15) is 0 Å². The fourth-order valence-corrected chi connectivity index (χ4v) is 4.56. The fourth-order valence-electron chi connectivity index (χ4n) is 3.45. The van der Waals surface area contributed by atoms with Gasteiger partial charge in [-0.05, 0) is 71.9 Å². The number of nitrogens with zero attached hydrogens (tertiary/aromatic N) is 1. The van der Waals surface area contributed by atoms with E-state index in [2.05, 4.69) is 10.1 Å². The number of methoxy groups -OCH3 is 2. The van der Waals surface area contributed by atoms with E-state index in [0.29, 0.717) is 11.3 Å². The van der Waals surface area contributed by atoms with Gasteiger partial charge in [-0.3, -0.25) is 19.3 Å². The SMILES string of the molecule is COC(=O)c1ccc(CN2C(=O)S/C(=C/c3cc(Cl)c(OCC(=O)Nc4ccc(F)cc4)c(OC)c3)C2=O)o1. The molecule has 1 aliphatic rings. The Labute approximate surface area is 230 Å². The van der Waals surface area contributed by atoms with Gasteiger partial charge in [-0.15, -0.1) is 0 Å². The molecule has 2 heterocycles. The first-order valence-corrected chi connectivity index (χ1v) is 12.4. The molecule has 1 saturated heterocycles. The summed E-state index contributed by atoms with van der Waals surface area (Å²) in [6, 6.07) is 11.1. The Kier molecular flexibility index (Phi) is 8.57. The lowest BCUT2D eigenvalue weighted by molar-refractivity contribution is -0.123. The predicted octanol–water partition coefficient (Wildman–Crippen LogP) is 5.12. The van der Waals surface area contributed by atoms with Gasteiger partial charge >= 0.3 is 5.97 Å². The molecule has 202 valence electrons. The summed E-state index contributed by atoms with van der Waals surface area (Å²) >= 11 is 7.10. The topological polar surface area (TPSA) is 124 Å². The van der Waals surface area contributed by atoms with E-state index in [4.69, 9.17) is 25.5 Å². The van der Waals surface area contributed by atoms with Crippen LogP contribution in [0.25, 0.3) is 6.08 Å². The van der Waals surface area contributed by atoms with Crippen LogP contribution in [-0.4, -0.2) is 48.7 Å². The van der Waals surface area contributed by atoms with E-state index in [1.165, 1.54) is 68.8 Å². The minimum Gasteiger partial charge on any atom is -0.493 e. The summed E-state index contributed by atoms with van der Waals surface area (Å²) in [6.45, 7) is -0.577. The molecule has 1 fully saturated rings. The maximum absolute atomic E-state index is 13.0. The van der Waals surface area contributed by atoms with Crippen LogP contribution in [0.3, 0.4) is 0 Å². The predicted molar refractivity (Wildman–Crippen MR) is 140 cm³/mol. The lowest BCUT2D eigenvalue weighted by Crippen LogP contribution is -2.27. The van der Waals surface area contributed by atoms with Gasteiger partial charge in [0.25, 0.3) is 17.1 Å². The van der Waals surface area contributed by atoms with Crippen molar-refractivity contribution < 1.29 is 42.2 Å². The van der Waals surface area contributed by atoms with Crippen LogP contribution >= 0.6 is 23.4 Å². The molecule has 0 aliphatic carbocycles. The van der Waals surface area contributed by atoms with Crippen molar-refractivity contribution in [2.24, 2.45) is 0 Å². The number of hydrogen-bond donors (Lipinski definition) is 1. The number of amides is 3. The lowest BCUT2D eigenvalue weighted by Gasteiger charge is -2.13. The zero-order valence-corrected chi connectivity index (χ0v) is 22.1. The van der Waals surface area contributed by atoms with Crippen LogP contribution in [-0.2, 0) is 20.9 Å². The third kappa shape index (κ3) is 6.59. The summed E-state index contributed by atoms with van der Waals surface area (Å²) < 4.78 is 33.9. The van der Waals surface area contributed by atoms with Crippen molar-refractivity contribution in [3.05, 3.63) is 81.4 Å². The monoisotopic (exact) mass is 574 g/mol. The molecule has 3 amide bonds. The van der Waals surface area contributed by atoms with E-state index in [1.54, 1.807) is 0 Å². The Hall–Kier alpha value is -4.29. The number of hydrogen-bond acceptors (Lipinski definition) is 9. The van der Waals surface area contributed by atoms with E-state index in [0.717, 1.165) is 16.7 Å². The summed E-state index contributed by atoms with van der Waals surface area (Å²) in [5.74, 6) is -1.71. The maximum atomic E-state index is 13.0. The van der Waals surface area contributed by atoms with Gasteiger partial charge in [0.1, 0.15) is 11.6 Å². The number of imide groups is 1. The highest BCUT2D eigenvalue weighted by molar-refractivity contribution is 8.18. The van der Waals surface area contributed by atoms with E-state index in [-0.39, 0.29) is 39.5 Å². The fraction of sp³-hybridized carbons (Fsp3) is 0.154. The molecular formula is C26H20ClFN2O8S. The van der Waals surface area contributed by atoms with Crippen LogP contribution in [0.2, 0.25) is 5.02 Å². The molecule has 0 unspecified atom stereocenters. The number of thioether (sulfide) groups is 1. The molecule has 39 heavy (non-hydrogen) atoms. The molecule has 0 bridgehead atoms. The third-order valence-electron chi connectivity index (χ3n) is 5.26. The van der Waals surface area contributed by atoms with Crippen molar-refractivity contribution in [3.63, 3.8) is 0 Å². The second-order valence-electron chi connectivity index (χ2n) is 7.90. The van der Waals surface area contributed by atoms with E-state index < -0.39 is 35.4 Å². The first kappa shape index (κ1) is 27.7. The molecule has 2 aromatic carbocycles. The highest BCUT2D eigenvalue weighted by Gasteiger charge is 2.36. The lowest BCUT2D eigenvalue weighted by atomic mass is 10.1. The van der Waals surface area contributed by atoms with Crippen LogP contribution in [0.1, 0.15) is 21.9 Å². The van der Waals surface area contributed by atoms with Crippen LogP contribution < -0.4 is 14.8 Å². The number of halogens is 2. The molecule has 1 aromatic heterocycles. The Morgan fingerprint density at radius 3 is 2.56 bits per heavy atom. The summed E-state index contributed by atoms with van der Waals surface area (Å²) in [5, 5.41) is 2.14. The average molecular weight is 575 g/mol. The molecule has 1 aliphatic heterocycles. The quantitative estimate of drug-likeness (QED) is 0.274. The normalized spacial score (nSPS) is 14.1. The Morgan fingerprint density at radius 2 is 1.87 bits per heavy atom. The van der Waals surface area contributed by atoms with Crippen molar-refractivity contribution in [1.29, 1.82) is 0 Å². The molecule has 0 saturated carbocycles. The highest BCUT2D eigenvalue weighted by Crippen LogP contribution is 2.39. The number of anilines is 1. The molecule has 1 N–H and O–H groups in total. The number of carbonyl (C=O) groups excluding carboxylic acids is 4. The molecule has 0 atom stereocenters. The van der Waals surface area contributed by atoms with Crippen LogP contribution in [0.5, 0.6) is 11.5 Å². The number of carbonyl (C=O) groups is 4. The molecule has 3 aromatic rings. The summed E-state index contributed by atoms with van der Waals surface area (Å²) in [7, 11) is 2.58. The largest absolute Gasteiger partial charge is 0.493 e. The standard InChI is InChI=1S/C26H20ClFN2O8S/c1-35-20-10-14(9-18(27)23(20)37-13-22(31)29-16-5-3-15(28)4-6-16)11-21-24(32)30(26(34)39-21)12-17-7-8-19(38-17)25(33)36-2/h3-11H,12-13H2,1-2H3,(H,29,31)/b21-11+. The van der Waals surface area contributed by atoms with E-state index >= 15 is 0 Å². The first-order chi connectivity index (χ1) is 18.7. The van der Waals surface area contributed by atoms with Crippen LogP contribution in [0.4, 0.5) is 14.9 Å². The van der Waals surface area contributed by atoms with Crippen molar-refractivity contribution in [2.45, 2.75) is 6.54 Å². The zero-order valence-electron chi connectivity index (χ0n) is 20.5. The van der Waals surface area contributed by atoms with Gasteiger partial charge in [0.15, 0.2) is 18.1 Å². The summed E-state index contributed by atoms with van der Waals surface area (Å²) in [5.41, 5.74) is 0.833. The average Bonchev–Trinajstić information content (AvgIpc) is 3.49. The Bertz CT molecular complexity index is 1470. The smallest absolute Gasteiger partial charge is 0.373 e. The Balaban J connectivity index is 1.45. The van der Waals surface area contributed by atoms with Crippen molar-refractivity contribution >= 4 is 58.1 Å². The Morgan fingerprint density at radius 1 is 1.13 bits per heavy atom. The van der Waals surface area contributed by atoms with Gasteiger partial charge in [-0.25, -0.2) is 9.18 Å². The van der Waals surface area contributed by atoms with Gasteiger partial charge in [0, 0.05) is 5.69 Å². The van der Waals surface area contributed by atoms with Crippen molar-refractivity contribution in [3.8, 4) is 11.5 Å². The van der Waals surface area contributed by atoms with Gasteiger partial charge in [-0.1, -0.05) is 11.6 Å². The van der Waals surface area contributed by atoms with Crippen LogP contribution in [0, 0.1) is 5.82 Å². The molecule has 0 radical (unpaired) electrons. The first-order valence-electron chi connectivity index (χ1n) is 11.2. The van der Waals surface area contributed by atoms with Crippen molar-refractivity contribution in [1.82, 2.24) is 4.90 Å². The minimum atomic E-state index is -0.679. The molecule has 10 nitrogen and oxygen atoms in total. The van der Waals surface area contributed by atoms with E-state index in [9.17, 15) is 23.6 Å². The number of furan rings is 1. The van der Waals surface area contributed by atoms with Gasteiger partial charge in [0.2, 0.25) is 5.76 Å². The van der Waals surface area contributed by atoms with Crippen molar-refractivity contribution in [2.75, 3.05) is 26.1 Å². The molecule has 4 rings (SSSR count). The van der Waals surface area contributed by atoms with Crippen LogP contribution in [0.15, 0.2) is 57.9 Å².